The number of ether oxygens (including phenoxy) is 1. The summed E-state index contributed by atoms with van der Waals surface area (Å²) in [5, 5.41) is 0. The minimum absolute atomic E-state index is 0.688. The first kappa shape index (κ1) is 29.1. The average Bonchev–Trinajstić information content (AvgIpc) is 2.58. The summed E-state index contributed by atoms with van der Waals surface area (Å²) in [4.78, 5) is 10.8. The van der Waals surface area contributed by atoms with Crippen LogP contribution in [0.5, 0.6) is 0 Å². The molecule has 0 fully saturated rings. The quantitative estimate of drug-likeness (QED) is 0.215. The van der Waals surface area contributed by atoms with Gasteiger partial charge >= 0.3 is 53.9 Å². The lowest BCUT2D eigenvalue weighted by atomic mass is 9.89. The number of esters is 1. The molecule has 0 spiro atoms. The Balaban J connectivity index is 6.43. The number of halogens is 16. The third-order valence-corrected chi connectivity index (χ3v) is 3.46. The SMILES string of the molecule is C=C(C)C(=O)OCC(F)(F)C(F)(F)C(F)(F)C(F)(F)C(F)(F)C(F)(F)C(F)(F)C(F)F. The maximum absolute atomic E-state index is 13.4. The van der Waals surface area contributed by atoms with Gasteiger partial charge in [0.25, 0.3) is 0 Å². The van der Waals surface area contributed by atoms with E-state index < -0.39 is 66.0 Å². The van der Waals surface area contributed by atoms with Crippen LogP contribution in [0.2, 0.25) is 0 Å². The number of hydrogen-bond acceptors (Lipinski definition) is 2. The second kappa shape index (κ2) is 7.90. The van der Waals surface area contributed by atoms with E-state index in [-0.39, 0.29) is 0 Å². The molecule has 0 aromatic rings. The van der Waals surface area contributed by atoms with E-state index >= 15 is 0 Å². The average molecular weight is 500 g/mol. The van der Waals surface area contributed by atoms with Crippen molar-refractivity contribution < 1.29 is 79.8 Å². The van der Waals surface area contributed by atoms with E-state index in [1.807, 2.05) is 0 Å². The van der Waals surface area contributed by atoms with Crippen molar-refractivity contribution in [2.45, 2.75) is 54.8 Å². The van der Waals surface area contributed by atoms with Crippen molar-refractivity contribution in [3.05, 3.63) is 12.2 Å². The van der Waals surface area contributed by atoms with Gasteiger partial charge in [0.05, 0.1) is 0 Å². The molecule has 2 nitrogen and oxygen atoms in total. The predicted molar refractivity (Wildman–Crippen MR) is 66.4 cm³/mol. The Kier molecular flexibility index (Phi) is 7.41. The van der Waals surface area contributed by atoms with Crippen molar-refractivity contribution in [3.63, 3.8) is 0 Å². The smallest absolute Gasteiger partial charge is 0.385 e. The van der Waals surface area contributed by atoms with Crippen LogP contribution in [0.25, 0.3) is 0 Å². The summed E-state index contributed by atoms with van der Waals surface area (Å²) in [7, 11) is 0. The highest BCUT2D eigenvalue weighted by atomic mass is 19.4. The van der Waals surface area contributed by atoms with Gasteiger partial charge in [-0.15, -0.1) is 0 Å². The Labute approximate surface area is 160 Å². The zero-order valence-electron chi connectivity index (χ0n) is 14.4. The Morgan fingerprint density at radius 2 is 1.03 bits per heavy atom. The number of carbonyl (C=O) groups is 1. The zero-order chi connectivity index (χ0) is 25.6. The first-order chi connectivity index (χ1) is 13.3. The molecule has 0 saturated heterocycles. The van der Waals surface area contributed by atoms with Crippen LogP contribution in [0.15, 0.2) is 12.2 Å². The van der Waals surface area contributed by atoms with Crippen LogP contribution in [-0.2, 0) is 9.53 Å². The number of carbonyl (C=O) groups excluding carboxylic acids is 1. The van der Waals surface area contributed by atoms with Gasteiger partial charge in [-0.1, -0.05) is 6.58 Å². The van der Waals surface area contributed by atoms with Crippen LogP contribution >= 0.6 is 0 Å². The highest BCUT2D eigenvalue weighted by Crippen LogP contribution is 2.62. The van der Waals surface area contributed by atoms with E-state index in [0.717, 1.165) is 0 Å². The molecule has 18 heteroatoms. The van der Waals surface area contributed by atoms with Crippen molar-refractivity contribution >= 4 is 5.97 Å². The minimum Gasteiger partial charge on any atom is -0.456 e. The van der Waals surface area contributed by atoms with Crippen molar-refractivity contribution in [1.82, 2.24) is 0 Å². The van der Waals surface area contributed by atoms with E-state index in [1.165, 1.54) is 0 Å². The van der Waals surface area contributed by atoms with Gasteiger partial charge in [-0.25, -0.2) is 13.6 Å². The van der Waals surface area contributed by atoms with Crippen molar-refractivity contribution in [2.24, 2.45) is 0 Å². The monoisotopic (exact) mass is 500 g/mol. The Hall–Kier alpha value is -1.91. The van der Waals surface area contributed by atoms with E-state index in [0.29, 0.717) is 6.92 Å². The van der Waals surface area contributed by atoms with Gasteiger partial charge in [-0.3, -0.25) is 0 Å². The van der Waals surface area contributed by atoms with E-state index in [4.69, 9.17) is 0 Å². The maximum Gasteiger partial charge on any atom is 0.385 e. The highest BCUT2D eigenvalue weighted by molar-refractivity contribution is 5.86. The summed E-state index contributed by atoms with van der Waals surface area (Å²) in [6.45, 7) is 0.184. The van der Waals surface area contributed by atoms with Crippen LogP contribution < -0.4 is 0 Å². The van der Waals surface area contributed by atoms with Gasteiger partial charge in [-0.05, 0) is 6.92 Å². The van der Waals surface area contributed by atoms with Gasteiger partial charge in [-0.2, -0.15) is 61.5 Å². The van der Waals surface area contributed by atoms with Gasteiger partial charge in [0.2, 0.25) is 0 Å². The summed E-state index contributed by atoms with van der Waals surface area (Å²) < 4.78 is 211. The highest BCUT2D eigenvalue weighted by Gasteiger charge is 2.93. The van der Waals surface area contributed by atoms with E-state index in [1.54, 1.807) is 0 Å². The fraction of sp³-hybridized carbons (Fsp3) is 0.769. The number of alkyl halides is 16. The van der Waals surface area contributed by atoms with E-state index in [9.17, 15) is 75.0 Å². The maximum atomic E-state index is 13.4. The van der Waals surface area contributed by atoms with Crippen LogP contribution in [-0.4, -0.2) is 60.5 Å². The Morgan fingerprint density at radius 3 is 1.35 bits per heavy atom. The molecule has 0 bridgehead atoms. The molecular formula is C13H8F16O2. The number of hydrogen-bond donors (Lipinski definition) is 0. The van der Waals surface area contributed by atoms with Crippen LogP contribution in [0.4, 0.5) is 70.2 Å². The molecule has 184 valence electrons. The van der Waals surface area contributed by atoms with E-state index in [2.05, 4.69) is 11.3 Å². The summed E-state index contributed by atoms with van der Waals surface area (Å²) in [5.74, 6) is -57.3. The molecule has 0 saturated carbocycles. The lowest BCUT2D eigenvalue weighted by molar-refractivity contribution is -0.447. The Morgan fingerprint density at radius 1 is 0.710 bits per heavy atom. The van der Waals surface area contributed by atoms with Crippen LogP contribution in [0.3, 0.4) is 0 Å². The van der Waals surface area contributed by atoms with Gasteiger partial charge in [0.15, 0.2) is 6.61 Å². The lowest BCUT2D eigenvalue weighted by Crippen LogP contribution is -2.74. The molecule has 0 atom stereocenters. The molecule has 31 heavy (non-hydrogen) atoms. The second-order valence-electron chi connectivity index (χ2n) is 5.86. The standard InChI is InChI=1S/C13H8F16O2/c1-4(2)5(30)31-3-7(16,17)9(20,21)11(24,25)13(28,29)12(26,27)10(22,23)8(18,19)6(14)15/h6H,1,3H2,2H3. The molecule has 0 aliphatic carbocycles. The fourth-order valence-electron chi connectivity index (χ4n) is 1.54. The normalized spacial score (nSPS) is 15.3. The molecule has 0 unspecified atom stereocenters. The third-order valence-electron chi connectivity index (χ3n) is 3.46. The summed E-state index contributed by atoms with van der Waals surface area (Å²) >= 11 is 0. The first-order valence-electron chi connectivity index (χ1n) is 7.02. The molecule has 0 heterocycles. The molecule has 0 amide bonds. The predicted octanol–water partition coefficient (Wildman–Crippen LogP) is 5.82. The molecule has 0 radical (unpaired) electrons. The Bertz CT molecular complexity index is 696. The van der Waals surface area contributed by atoms with Gasteiger partial charge in [0, 0.05) is 5.57 Å². The molecule has 0 aromatic heterocycles. The first-order valence-corrected chi connectivity index (χ1v) is 7.02. The topological polar surface area (TPSA) is 26.3 Å². The number of rotatable bonds is 10. The molecular weight excluding hydrogens is 492 g/mol. The van der Waals surface area contributed by atoms with Gasteiger partial charge in [0.1, 0.15) is 0 Å². The van der Waals surface area contributed by atoms with Crippen molar-refractivity contribution in [2.75, 3.05) is 6.61 Å². The third kappa shape index (κ3) is 4.12. The van der Waals surface area contributed by atoms with Crippen LogP contribution in [0.1, 0.15) is 6.92 Å². The van der Waals surface area contributed by atoms with Crippen LogP contribution in [0, 0.1) is 0 Å². The summed E-state index contributed by atoms with van der Waals surface area (Å²) in [6, 6.07) is 0. The summed E-state index contributed by atoms with van der Waals surface area (Å²) in [5.41, 5.74) is -0.836. The minimum atomic E-state index is -8.48. The van der Waals surface area contributed by atoms with Gasteiger partial charge < -0.3 is 4.74 Å². The second-order valence-corrected chi connectivity index (χ2v) is 5.86. The largest absolute Gasteiger partial charge is 0.456 e. The summed E-state index contributed by atoms with van der Waals surface area (Å²) in [6.07, 6.45) is -5.90. The molecule has 0 aromatic carbocycles. The molecule has 0 rings (SSSR count). The fourth-order valence-corrected chi connectivity index (χ4v) is 1.54. The van der Waals surface area contributed by atoms with Crippen molar-refractivity contribution in [3.8, 4) is 0 Å². The lowest BCUT2D eigenvalue weighted by Gasteiger charge is -2.42. The zero-order valence-corrected chi connectivity index (χ0v) is 14.4. The van der Waals surface area contributed by atoms with Crippen molar-refractivity contribution in [1.29, 1.82) is 0 Å². The molecule has 0 N–H and O–H groups in total. The molecule has 0 aliphatic heterocycles. The molecule has 0 aliphatic rings.